The van der Waals surface area contributed by atoms with Gasteiger partial charge in [0.05, 0.1) is 0 Å². The quantitative estimate of drug-likeness (QED) is 0.468. The molecule has 0 aromatic rings. The maximum atomic E-state index is 10.1. The zero-order valence-electron chi connectivity index (χ0n) is 5.43. The van der Waals surface area contributed by atoms with E-state index in [0.29, 0.717) is 19.1 Å². The van der Waals surface area contributed by atoms with E-state index in [4.69, 9.17) is 10.2 Å². The maximum absolute atomic E-state index is 10.1. The van der Waals surface area contributed by atoms with E-state index < -0.39 is 18.5 Å². The Bertz CT molecular complexity index is 125. The number of hydrogen-bond donors (Lipinski definition) is 2. The Morgan fingerprint density at radius 3 is 2.60 bits per heavy atom. The largest absolute Gasteiger partial charge is 0.388 e. The molecule has 0 amide bonds. The number of aliphatic hydroxyl groups excluding tert-OH is 2. The lowest BCUT2D eigenvalue weighted by atomic mass is 10.1. The minimum absolute atomic E-state index is 0.421. The first-order valence-electron chi connectivity index (χ1n) is 3.21. The first kappa shape index (κ1) is 7.65. The van der Waals surface area contributed by atoms with Crippen LogP contribution in [-0.4, -0.2) is 35.0 Å². The van der Waals surface area contributed by atoms with Crippen molar-refractivity contribution < 1.29 is 19.7 Å². The van der Waals surface area contributed by atoms with Crippen LogP contribution in [0.15, 0.2) is 0 Å². The van der Waals surface area contributed by atoms with Gasteiger partial charge in [-0.25, -0.2) is 0 Å². The fourth-order valence-electron chi connectivity index (χ4n) is 0.916. The predicted octanol–water partition coefficient (Wildman–Crippen LogP) is -0.956. The molecule has 0 aromatic heterocycles. The molecule has 0 saturated carbocycles. The minimum Gasteiger partial charge on any atom is -0.388 e. The second-order valence-electron chi connectivity index (χ2n) is 2.35. The highest BCUT2D eigenvalue weighted by Crippen LogP contribution is 2.16. The molecule has 0 bridgehead atoms. The molecule has 3 atom stereocenters. The first-order valence-corrected chi connectivity index (χ1v) is 3.21. The SMILES string of the molecule is O=CC1CCC(O)C(O)O1. The molecule has 58 valence electrons. The van der Waals surface area contributed by atoms with Gasteiger partial charge in [0.15, 0.2) is 6.29 Å². The van der Waals surface area contributed by atoms with E-state index in [-0.39, 0.29) is 0 Å². The molecule has 1 rings (SSSR count). The highest BCUT2D eigenvalue weighted by Gasteiger charge is 2.27. The molecule has 0 radical (unpaired) electrons. The molecule has 4 nitrogen and oxygen atoms in total. The summed E-state index contributed by atoms with van der Waals surface area (Å²) in [5.74, 6) is 0. The Labute approximate surface area is 58.4 Å². The van der Waals surface area contributed by atoms with Crippen LogP contribution in [0.25, 0.3) is 0 Å². The summed E-state index contributed by atoms with van der Waals surface area (Å²) in [6, 6.07) is 0. The fourth-order valence-corrected chi connectivity index (χ4v) is 0.916. The molecule has 0 aliphatic carbocycles. The lowest BCUT2D eigenvalue weighted by Crippen LogP contribution is -2.39. The minimum atomic E-state index is -1.19. The number of carbonyl (C=O) groups excluding carboxylic acids is 1. The molecule has 0 spiro atoms. The van der Waals surface area contributed by atoms with Crippen molar-refractivity contribution in [1.29, 1.82) is 0 Å². The standard InChI is InChI=1S/C6H10O4/c7-3-4-1-2-5(8)6(9)10-4/h3-6,8-9H,1-2H2. The summed E-state index contributed by atoms with van der Waals surface area (Å²) in [5.41, 5.74) is 0. The van der Waals surface area contributed by atoms with Crippen LogP contribution in [0, 0.1) is 0 Å². The summed E-state index contributed by atoms with van der Waals surface area (Å²) in [7, 11) is 0. The summed E-state index contributed by atoms with van der Waals surface area (Å²) in [6.45, 7) is 0. The van der Waals surface area contributed by atoms with E-state index in [9.17, 15) is 4.79 Å². The smallest absolute Gasteiger partial charge is 0.181 e. The second-order valence-corrected chi connectivity index (χ2v) is 2.35. The Morgan fingerprint density at radius 2 is 2.10 bits per heavy atom. The van der Waals surface area contributed by atoms with Crippen molar-refractivity contribution in [3.8, 4) is 0 Å². The van der Waals surface area contributed by atoms with Gasteiger partial charge >= 0.3 is 0 Å². The molecule has 1 aliphatic heterocycles. The normalized spacial score (nSPS) is 41.2. The number of ether oxygens (including phenoxy) is 1. The monoisotopic (exact) mass is 146 g/mol. The number of rotatable bonds is 1. The summed E-state index contributed by atoms with van der Waals surface area (Å²) < 4.78 is 4.69. The van der Waals surface area contributed by atoms with Crippen molar-refractivity contribution in [2.75, 3.05) is 0 Å². The van der Waals surface area contributed by atoms with E-state index in [1.165, 1.54) is 0 Å². The third-order valence-electron chi connectivity index (χ3n) is 1.54. The van der Waals surface area contributed by atoms with E-state index in [1.54, 1.807) is 0 Å². The molecule has 4 heteroatoms. The van der Waals surface area contributed by atoms with Crippen LogP contribution >= 0.6 is 0 Å². The first-order chi connectivity index (χ1) is 4.74. The van der Waals surface area contributed by atoms with Gasteiger partial charge in [-0.15, -0.1) is 0 Å². The van der Waals surface area contributed by atoms with E-state index in [1.807, 2.05) is 0 Å². The van der Waals surface area contributed by atoms with Crippen LogP contribution < -0.4 is 0 Å². The van der Waals surface area contributed by atoms with E-state index in [0.717, 1.165) is 0 Å². The summed E-state index contributed by atoms with van der Waals surface area (Å²) in [4.78, 5) is 10.1. The molecule has 10 heavy (non-hydrogen) atoms. The van der Waals surface area contributed by atoms with Gasteiger partial charge in [-0.2, -0.15) is 0 Å². The average molecular weight is 146 g/mol. The molecule has 1 saturated heterocycles. The molecular formula is C6H10O4. The van der Waals surface area contributed by atoms with Crippen molar-refractivity contribution in [3.05, 3.63) is 0 Å². The van der Waals surface area contributed by atoms with E-state index >= 15 is 0 Å². The van der Waals surface area contributed by atoms with Crippen molar-refractivity contribution in [2.24, 2.45) is 0 Å². The Morgan fingerprint density at radius 1 is 1.40 bits per heavy atom. The van der Waals surface area contributed by atoms with Crippen LogP contribution in [0.3, 0.4) is 0 Å². The number of hydrogen-bond acceptors (Lipinski definition) is 4. The third-order valence-corrected chi connectivity index (χ3v) is 1.54. The molecule has 1 fully saturated rings. The third kappa shape index (κ3) is 1.53. The van der Waals surface area contributed by atoms with Crippen LogP contribution in [0.5, 0.6) is 0 Å². The summed E-state index contributed by atoms with van der Waals surface area (Å²) >= 11 is 0. The highest BCUT2D eigenvalue weighted by molar-refractivity contribution is 5.56. The van der Waals surface area contributed by atoms with Crippen LogP contribution in [0.4, 0.5) is 0 Å². The summed E-state index contributed by atoms with van der Waals surface area (Å²) in [6.07, 6.45) is -1.03. The highest BCUT2D eigenvalue weighted by atomic mass is 16.6. The lowest BCUT2D eigenvalue weighted by molar-refractivity contribution is -0.209. The Kier molecular flexibility index (Phi) is 2.37. The van der Waals surface area contributed by atoms with Crippen LogP contribution in [0.1, 0.15) is 12.8 Å². The molecule has 0 aromatic carbocycles. The zero-order valence-corrected chi connectivity index (χ0v) is 5.43. The topological polar surface area (TPSA) is 66.8 Å². The van der Waals surface area contributed by atoms with Crippen molar-refractivity contribution in [3.63, 3.8) is 0 Å². The van der Waals surface area contributed by atoms with Crippen LogP contribution in [0.2, 0.25) is 0 Å². The van der Waals surface area contributed by atoms with Gasteiger partial charge in [-0.1, -0.05) is 0 Å². The average Bonchev–Trinajstić information content (AvgIpc) is 1.95. The molecule has 2 N–H and O–H groups in total. The van der Waals surface area contributed by atoms with Crippen LogP contribution in [-0.2, 0) is 9.53 Å². The van der Waals surface area contributed by atoms with Gasteiger partial charge in [-0.3, -0.25) is 0 Å². The van der Waals surface area contributed by atoms with E-state index in [2.05, 4.69) is 4.74 Å². The zero-order chi connectivity index (χ0) is 7.56. The molecule has 1 aliphatic rings. The Hall–Kier alpha value is -0.450. The number of aldehydes is 1. The lowest BCUT2D eigenvalue weighted by Gasteiger charge is -2.27. The van der Waals surface area contributed by atoms with Crippen molar-refractivity contribution in [2.45, 2.75) is 31.3 Å². The van der Waals surface area contributed by atoms with Crippen molar-refractivity contribution in [1.82, 2.24) is 0 Å². The maximum Gasteiger partial charge on any atom is 0.181 e. The number of carbonyl (C=O) groups is 1. The van der Waals surface area contributed by atoms with Crippen molar-refractivity contribution >= 4 is 6.29 Å². The fraction of sp³-hybridized carbons (Fsp3) is 0.833. The Balaban J connectivity index is 2.40. The summed E-state index contributed by atoms with van der Waals surface area (Å²) in [5, 5.41) is 17.7. The molecule has 1 heterocycles. The van der Waals surface area contributed by atoms with Gasteiger partial charge in [0.25, 0.3) is 0 Å². The van der Waals surface area contributed by atoms with Gasteiger partial charge in [-0.05, 0) is 12.8 Å². The van der Waals surface area contributed by atoms with Gasteiger partial charge < -0.3 is 19.7 Å². The number of aliphatic hydroxyl groups is 2. The molecule has 3 unspecified atom stereocenters. The van der Waals surface area contributed by atoms with Gasteiger partial charge in [0.1, 0.15) is 18.5 Å². The molecular weight excluding hydrogens is 136 g/mol. The van der Waals surface area contributed by atoms with Gasteiger partial charge in [0.2, 0.25) is 0 Å². The second kappa shape index (κ2) is 3.09. The van der Waals surface area contributed by atoms with Gasteiger partial charge in [0, 0.05) is 0 Å². The predicted molar refractivity (Wildman–Crippen MR) is 32.2 cm³/mol.